The van der Waals surface area contributed by atoms with Crippen molar-refractivity contribution in [1.29, 1.82) is 0 Å². The van der Waals surface area contributed by atoms with Crippen LogP contribution in [0.25, 0.3) is 11.3 Å². The number of aromatic nitrogens is 4. The zero-order valence-corrected chi connectivity index (χ0v) is 17.9. The zero-order valence-electron chi connectivity index (χ0n) is 17.9. The highest BCUT2D eigenvalue weighted by Gasteiger charge is 2.25. The summed E-state index contributed by atoms with van der Waals surface area (Å²) in [6.45, 7) is 3.96. The Morgan fingerprint density at radius 3 is 2.50 bits per heavy atom. The second-order valence-electron chi connectivity index (χ2n) is 7.87. The van der Waals surface area contributed by atoms with E-state index in [9.17, 15) is 14.0 Å². The van der Waals surface area contributed by atoms with Crippen molar-refractivity contribution >= 4 is 11.7 Å². The standard InChI is InChI=1S/C23H25FN6O2/c1-16-2-8-21(27-26-16)29-13-10-18(11-14-29)23(32)25-12-15-30-22(31)9-7-20(28-30)17-3-5-19(24)6-4-17/h2-9,18H,10-15H2,1H3,(H,25,32). The van der Waals surface area contributed by atoms with Crippen LogP contribution in [0.15, 0.2) is 53.3 Å². The topological polar surface area (TPSA) is 93.0 Å². The predicted octanol–water partition coefficient (Wildman–Crippen LogP) is 2.18. The van der Waals surface area contributed by atoms with Crippen LogP contribution >= 0.6 is 0 Å². The number of benzene rings is 1. The molecule has 0 unspecified atom stereocenters. The predicted molar refractivity (Wildman–Crippen MR) is 119 cm³/mol. The van der Waals surface area contributed by atoms with Gasteiger partial charge in [-0.15, -0.1) is 5.10 Å². The largest absolute Gasteiger partial charge is 0.355 e. The Kier molecular flexibility index (Phi) is 6.53. The normalized spacial score (nSPS) is 14.4. The maximum absolute atomic E-state index is 13.1. The molecular formula is C23H25FN6O2. The Bertz CT molecular complexity index is 1120. The highest BCUT2D eigenvalue weighted by Crippen LogP contribution is 2.21. The van der Waals surface area contributed by atoms with Gasteiger partial charge in [0.05, 0.1) is 17.9 Å². The van der Waals surface area contributed by atoms with Gasteiger partial charge < -0.3 is 10.2 Å². The van der Waals surface area contributed by atoms with Gasteiger partial charge in [-0.2, -0.15) is 10.2 Å². The first kappa shape index (κ1) is 21.6. The Morgan fingerprint density at radius 1 is 1.06 bits per heavy atom. The van der Waals surface area contributed by atoms with Gasteiger partial charge in [-0.1, -0.05) is 0 Å². The summed E-state index contributed by atoms with van der Waals surface area (Å²) in [5.74, 6) is 0.422. The number of aryl methyl sites for hydroxylation is 1. The number of piperidine rings is 1. The van der Waals surface area contributed by atoms with Gasteiger partial charge in [0.25, 0.3) is 5.56 Å². The fraction of sp³-hybridized carbons (Fsp3) is 0.348. The highest BCUT2D eigenvalue weighted by atomic mass is 19.1. The lowest BCUT2D eigenvalue weighted by Crippen LogP contribution is -2.42. The van der Waals surface area contributed by atoms with Crippen LogP contribution in [0.5, 0.6) is 0 Å². The van der Waals surface area contributed by atoms with E-state index >= 15 is 0 Å². The molecule has 32 heavy (non-hydrogen) atoms. The molecule has 1 amide bonds. The van der Waals surface area contributed by atoms with Gasteiger partial charge in [0.15, 0.2) is 5.82 Å². The van der Waals surface area contributed by atoms with Crippen LogP contribution in [0, 0.1) is 18.7 Å². The molecule has 9 heteroatoms. The van der Waals surface area contributed by atoms with Crippen molar-refractivity contribution in [2.24, 2.45) is 5.92 Å². The molecule has 0 bridgehead atoms. The molecule has 0 saturated carbocycles. The fourth-order valence-electron chi connectivity index (χ4n) is 3.74. The third kappa shape index (κ3) is 5.16. The lowest BCUT2D eigenvalue weighted by atomic mass is 9.96. The minimum Gasteiger partial charge on any atom is -0.355 e. The summed E-state index contributed by atoms with van der Waals surface area (Å²) in [4.78, 5) is 26.9. The summed E-state index contributed by atoms with van der Waals surface area (Å²) >= 11 is 0. The van der Waals surface area contributed by atoms with Gasteiger partial charge in [-0.3, -0.25) is 9.59 Å². The molecule has 1 aliphatic rings. The van der Waals surface area contributed by atoms with E-state index in [0.717, 1.165) is 37.4 Å². The molecule has 0 aliphatic carbocycles. The van der Waals surface area contributed by atoms with E-state index < -0.39 is 0 Å². The van der Waals surface area contributed by atoms with Gasteiger partial charge in [-0.25, -0.2) is 9.07 Å². The minimum atomic E-state index is -0.331. The maximum Gasteiger partial charge on any atom is 0.266 e. The van der Waals surface area contributed by atoms with Crippen LogP contribution in [0.1, 0.15) is 18.5 Å². The fourth-order valence-corrected chi connectivity index (χ4v) is 3.74. The van der Waals surface area contributed by atoms with Crippen LogP contribution in [-0.4, -0.2) is 45.5 Å². The lowest BCUT2D eigenvalue weighted by molar-refractivity contribution is -0.125. The molecule has 8 nitrogen and oxygen atoms in total. The number of hydrogen-bond acceptors (Lipinski definition) is 6. The Hall–Kier alpha value is -3.62. The van der Waals surface area contributed by atoms with Crippen molar-refractivity contribution in [3.63, 3.8) is 0 Å². The molecule has 1 aromatic carbocycles. The molecule has 0 radical (unpaired) electrons. The third-order valence-corrected chi connectivity index (χ3v) is 5.60. The van der Waals surface area contributed by atoms with Crippen molar-refractivity contribution in [2.75, 3.05) is 24.5 Å². The smallest absolute Gasteiger partial charge is 0.266 e. The summed E-state index contributed by atoms with van der Waals surface area (Å²) in [7, 11) is 0. The number of anilines is 1. The molecular weight excluding hydrogens is 411 g/mol. The second kappa shape index (κ2) is 9.67. The Labute approximate surface area is 185 Å². The number of carbonyl (C=O) groups excluding carboxylic acids is 1. The van der Waals surface area contributed by atoms with Crippen LogP contribution in [0.2, 0.25) is 0 Å². The third-order valence-electron chi connectivity index (χ3n) is 5.60. The Morgan fingerprint density at radius 2 is 1.81 bits per heavy atom. The summed E-state index contributed by atoms with van der Waals surface area (Å²) in [6, 6.07) is 12.8. The SMILES string of the molecule is Cc1ccc(N2CCC(C(=O)NCCn3nc(-c4ccc(F)cc4)ccc3=O)CC2)nn1. The first-order chi connectivity index (χ1) is 15.5. The summed E-state index contributed by atoms with van der Waals surface area (Å²) in [5, 5.41) is 15.6. The number of amides is 1. The molecule has 1 aliphatic heterocycles. The van der Waals surface area contributed by atoms with Crippen molar-refractivity contribution in [2.45, 2.75) is 26.3 Å². The van der Waals surface area contributed by atoms with Crippen molar-refractivity contribution in [3.05, 3.63) is 70.4 Å². The molecule has 3 heterocycles. The van der Waals surface area contributed by atoms with Gasteiger partial charge >= 0.3 is 0 Å². The van der Waals surface area contributed by atoms with Gasteiger partial charge in [0.2, 0.25) is 5.91 Å². The van der Waals surface area contributed by atoms with Gasteiger partial charge in [0.1, 0.15) is 5.82 Å². The van der Waals surface area contributed by atoms with E-state index in [1.807, 2.05) is 19.1 Å². The molecule has 0 atom stereocenters. The highest BCUT2D eigenvalue weighted by molar-refractivity contribution is 5.78. The Balaban J connectivity index is 1.29. The molecule has 166 valence electrons. The lowest BCUT2D eigenvalue weighted by Gasteiger charge is -2.31. The van der Waals surface area contributed by atoms with E-state index in [0.29, 0.717) is 17.8 Å². The van der Waals surface area contributed by atoms with E-state index in [1.54, 1.807) is 18.2 Å². The number of carbonyl (C=O) groups is 1. The summed E-state index contributed by atoms with van der Waals surface area (Å²) in [5.41, 5.74) is 1.91. The first-order valence-electron chi connectivity index (χ1n) is 10.7. The molecule has 2 aromatic heterocycles. The maximum atomic E-state index is 13.1. The second-order valence-corrected chi connectivity index (χ2v) is 7.87. The van der Waals surface area contributed by atoms with E-state index in [1.165, 1.54) is 22.9 Å². The van der Waals surface area contributed by atoms with Gasteiger partial charge in [0, 0.05) is 37.2 Å². The molecule has 1 saturated heterocycles. The number of rotatable bonds is 6. The average Bonchev–Trinajstić information content (AvgIpc) is 2.81. The van der Waals surface area contributed by atoms with Crippen LogP contribution in [-0.2, 0) is 11.3 Å². The summed E-state index contributed by atoms with van der Waals surface area (Å²) in [6.07, 6.45) is 1.47. The van der Waals surface area contributed by atoms with Crippen LogP contribution in [0.3, 0.4) is 0 Å². The van der Waals surface area contributed by atoms with Crippen molar-refractivity contribution < 1.29 is 9.18 Å². The quantitative estimate of drug-likeness (QED) is 0.637. The number of hydrogen-bond donors (Lipinski definition) is 1. The average molecular weight is 436 g/mol. The van der Waals surface area contributed by atoms with Crippen LogP contribution < -0.4 is 15.8 Å². The van der Waals surface area contributed by atoms with Gasteiger partial charge in [-0.05, 0) is 62.2 Å². The molecule has 3 aromatic rings. The van der Waals surface area contributed by atoms with E-state index in [-0.39, 0.29) is 29.7 Å². The minimum absolute atomic E-state index is 0.0117. The molecule has 4 rings (SSSR count). The number of nitrogens with one attached hydrogen (secondary N) is 1. The van der Waals surface area contributed by atoms with E-state index in [4.69, 9.17) is 0 Å². The number of halogens is 1. The first-order valence-corrected chi connectivity index (χ1v) is 10.7. The van der Waals surface area contributed by atoms with Crippen molar-refractivity contribution in [3.8, 4) is 11.3 Å². The monoisotopic (exact) mass is 436 g/mol. The zero-order chi connectivity index (χ0) is 22.5. The van der Waals surface area contributed by atoms with E-state index in [2.05, 4.69) is 25.5 Å². The van der Waals surface area contributed by atoms with Crippen LogP contribution in [0.4, 0.5) is 10.2 Å². The molecule has 0 spiro atoms. The molecule has 1 N–H and O–H groups in total. The molecule has 1 fully saturated rings. The number of nitrogens with zero attached hydrogens (tertiary/aromatic N) is 5. The van der Waals surface area contributed by atoms with Crippen molar-refractivity contribution in [1.82, 2.24) is 25.3 Å². The summed E-state index contributed by atoms with van der Waals surface area (Å²) < 4.78 is 14.5.